The third-order valence-electron chi connectivity index (χ3n) is 4.50. The summed E-state index contributed by atoms with van der Waals surface area (Å²) in [4.78, 5) is 21.0. The maximum Gasteiger partial charge on any atom is 0.175 e. The Morgan fingerprint density at radius 2 is 2.24 bits per heavy atom. The molecule has 0 bridgehead atoms. The fraction of sp³-hybridized carbons (Fsp3) is 0.294. The van der Waals surface area contributed by atoms with Crippen molar-refractivity contribution < 1.29 is 4.79 Å². The second kappa shape index (κ2) is 5.89. The van der Waals surface area contributed by atoms with E-state index in [0.717, 1.165) is 27.1 Å². The van der Waals surface area contributed by atoms with E-state index in [4.69, 9.17) is 5.73 Å². The van der Waals surface area contributed by atoms with Crippen LogP contribution in [0.3, 0.4) is 0 Å². The summed E-state index contributed by atoms with van der Waals surface area (Å²) in [5.74, 6) is 0.989. The number of fused-ring (bicyclic) bond motifs is 5. The van der Waals surface area contributed by atoms with Gasteiger partial charge in [0.25, 0.3) is 0 Å². The smallest absolute Gasteiger partial charge is 0.175 e. The largest absolute Gasteiger partial charge is 0.315 e. The highest BCUT2D eigenvalue weighted by molar-refractivity contribution is 9.10. The molecule has 2 N–H and O–H groups in total. The molecule has 8 heteroatoms. The Hall–Kier alpha value is -2.32. The van der Waals surface area contributed by atoms with E-state index in [2.05, 4.69) is 35.6 Å². The van der Waals surface area contributed by atoms with Crippen molar-refractivity contribution in [2.24, 2.45) is 5.73 Å². The summed E-state index contributed by atoms with van der Waals surface area (Å²) in [6.07, 6.45) is 2.18. The van der Waals surface area contributed by atoms with Gasteiger partial charge in [-0.05, 0) is 25.1 Å². The number of aryl methyl sites for hydroxylation is 1. The molecule has 128 valence electrons. The molecule has 1 aromatic carbocycles. The number of imidazole rings is 1. The number of halogens is 1. The van der Waals surface area contributed by atoms with Crippen molar-refractivity contribution in [3.8, 4) is 17.1 Å². The molecule has 1 aliphatic heterocycles. The Morgan fingerprint density at radius 3 is 3.00 bits per heavy atom. The first-order chi connectivity index (χ1) is 12.0. The van der Waals surface area contributed by atoms with Crippen LogP contribution in [0.5, 0.6) is 0 Å². The summed E-state index contributed by atoms with van der Waals surface area (Å²) in [5.41, 5.74) is 9.91. The van der Waals surface area contributed by atoms with Crippen molar-refractivity contribution in [1.82, 2.24) is 24.3 Å². The molecule has 2 aromatic heterocycles. The first kappa shape index (κ1) is 16.2. The molecule has 4 rings (SSSR count). The number of rotatable bonds is 3. The topological polar surface area (TPSA) is 91.6 Å². The molecular weight excluding hydrogens is 384 g/mol. The maximum atomic E-state index is 12.0. The standard InChI is InChI=1S/C17H17BrN6O/c1-3-14(25)15(19)16-21-17-11-6-10(18)4-5-12(11)23-8-20-9(2)13(23)7-24(17)22-16/h4-6,8,15H,3,7,19H2,1-2H3. The quantitative estimate of drug-likeness (QED) is 0.570. The van der Waals surface area contributed by atoms with Crippen LogP contribution in [0, 0.1) is 6.92 Å². The van der Waals surface area contributed by atoms with E-state index >= 15 is 0 Å². The lowest BCUT2D eigenvalue weighted by atomic mass is 10.1. The van der Waals surface area contributed by atoms with Crippen LogP contribution >= 0.6 is 15.9 Å². The molecule has 0 fully saturated rings. The van der Waals surface area contributed by atoms with Gasteiger partial charge in [0.2, 0.25) is 0 Å². The molecule has 1 aliphatic rings. The normalized spacial score (nSPS) is 13.6. The lowest BCUT2D eigenvalue weighted by molar-refractivity contribution is -0.120. The van der Waals surface area contributed by atoms with E-state index in [1.165, 1.54) is 0 Å². The second-order valence-corrected chi connectivity index (χ2v) is 6.97. The highest BCUT2D eigenvalue weighted by Crippen LogP contribution is 2.34. The van der Waals surface area contributed by atoms with Gasteiger partial charge in [-0.15, -0.1) is 0 Å². The Labute approximate surface area is 153 Å². The van der Waals surface area contributed by atoms with Crippen LogP contribution in [0.25, 0.3) is 17.1 Å². The van der Waals surface area contributed by atoms with E-state index in [1.54, 1.807) is 11.6 Å². The van der Waals surface area contributed by atoms with Crippen LogP contribution in [0.2, 0.25) is 0 Å². The average molecular weight is 401 g/mol. The minimum absolute atomic E-state index is 0.0727. The zero-order chi connectivity index (χ0) is 17.7. The average Bonchev–Trinajstić information content (AvgIpc) is 3.15. The number of Topliss-reactive ketones (excluding diaryl/α,β-unsaturated/α-hetero) is 1. The predicted molar refractivity (Wildman–Crippen MR) is 96.3 cm³/mol. The van der Waals surface area contributed by atoms with Gasteiger partial charge in [-0.25, -0.2) is 14.6 Å². The molecular formula is C17H17BrN6O. The summed E-state index contributed by atoms with van der Waals surface area (Å²) in [6, 6.07) is 5.20. The molecule has 0 aliphatic carbocycles. The molecule has 0 spiro atoms. The van der Waals surface area contributed by atoms with Crippen molar-refractivity contribution in [2.75, 3.05) is 0 Å². The molecule has 0 radical (unpaired) electrons. The van der Waals surface area contributed by atoms with E-state index in [-0.39, 0.29) is 5.78 Å². The highest BCUT2D eigenvalue weighted by Gasteiger charge is 2.27. The monoisotopic (exact) mass is 400 g/mol. The third kappa shape index (κ3) is 2.52. The van der Waals surface area contributed by atoms with E-state index in [9.17, 15) is 4.79 Å². The first-order valence-corrected chi connectivity index (χ1v) is 8.85. The van der Waals surface area contributed by atoms with Crippen LogP contribution < -0.4 is 5.73 Å². The van der Waals surface area contributed by atoms with E-state index in [1.807, 2.05) is 31.5 Å². The van der Waals surface area contributed by atoms with Crippen molar-refractivity contribution in [3.63, 3.8) is 0 Å². The maximum absolute atomic E-state index is 12.0. The summed E-state index contributed by atoms with van der Waals surface area (Å²) < 4.78 is 4.80. The van der Waals surface area contributed by atoms with Crippen LogP contribution in [-0.2, 0) is 11.3 Å². The Balaban J connectivity index is 1.95. The minimum Gasteiger partial charge on any atom is -0.315 e. The number of ketones is 1. The molecule has 1 unspecified atom stereocenters. The molecule has 3 heterocycles. The summed E-state index contributed by atoms with van der Waals surface area (Å²) in [5, 5.41) is 4.53. The zero-order valence-electron chi connectivity index (χ0n) is 13.9. The minimum atomic E-state index is -0.800. The van der Waals surface area contributed by atoms with Crippen LogP contribution in [0.4, 0.5) is 0 Å². The predicted octanol–water partition coefficient (Wildman–Crippen LogP) is 2.54. The second-order valence-electron chi connectivity index (χ2n) is 6.06. The lowest BCUT2D eigenvalue weighted by Crippen LogP contribution is -2.22. The van der Waals surface area contributed by atoms with Gasteiger partial charge in [-0.3, -0.25) is 4.79 Å². The van der Waals surface area contributed by atoms with Crippen LogP contribution in [-0.4, -0.2) is 30.1 Å². The molecule has 1 atom stereocenters. The van der Waals surface area contributed by atoms with Crippen LogP contribution in [0.15, 0.2) is 29.0 Å². The van der Waals surface area contributed by atoms with Gasteiger partial charge in [0, 0.05) is 16.5 Å². The highest BCUT2D eigenvalue weighted by atomic mass is 79.9. The van der Waals surface area contributed by atoms with Crippen molar-refractivity contribution in [3.05, 3.63) is 46.2 Å². The van der Waals surface area contributed by atoms with E-state index < -0.39 is 6.04 Å². The summed E-state index contributed by atoms with van der Waals surface area (Å²) in [6.45, 7) is 4.28. The number of carbonyl (C=O) groups is 1. The van der Waals surface area contributed by atoms with Gasteiger partial charge in [-0.2, -0.15) is 5.10 Å². The molecule has 25 heavy (non-hydrogen) atoms. The Kier molecular flexibility index (Phi) is 3.81. The summed E-state index contributed by atoms with van der Waals surface area (Å²) in [7, 11) is 0. The van der Waals surface area contributed by atoms with Crippen LogP contribution in [0.1, 0.15) is 36.6 Å². The number of carbonyl (C=O) groups excluding carboxylic acids is 1. The van der Waals surface area contributed by atoms with Crippen molar-refractivity contribution >= 4 is 21.7 Å². The van der Waals surface area contributed by atoms with Gasteiger partial charge in [0.05, 0.1) is 29.9 Å². The Bertz CT molecular complexity index is 989. The zero-order valence-corrected chi connectivity index (χ0v) is 15.5. The van der Waals surface area contributed by atoms with Crippen molar-refractivity contribution in [2.45, 2.75) is 32.9 Å². The fourth-order valence-electron chi connectivity index (χ4n) is 3.07. The summed E-state index contributed by atoms with van der Waals surface area (Å²) >= 11 is 3.52. The molecule has 0 saturated heterocycles. The van der Waals surface area contributed by atoms with Gasteiger partial charge >= 0.3 is 0 Å². The first-order valence-electron chi connectivity index (χ1n) is 8.05. The number of aromatic nitrogens is 5. The molecule has 3 aromatic rings. The number of nitrogens with two attached hydrogens (primary N) is 1. The van der Waals surface area contributed by atoms with Gasteiger partial charge < -0.3 is 10.3 Å². The third-order valence-corrected chi connectivity index (χ3v) is 4.99. The Morgan fingerprint density at radius 1 is 1.44 bits per heavy atom. The fourth-order valence-corrected chi connectivity index (χ4v) is 3.43. The van der Waals surface area contributed by atoms with Gasteiger partial charge in [0.15, 0.2) is 17.4 Å². The van der Waals surface area contributed by atoms with Gasteiger partial charge in [-0.1, -0.05) is 22.9 Å². The lowest BCUT2D eigenvalue weighted by Gasteiger charge is -2.09. The molecule has 0 amide bonds. The number of hydrogen-bond donors (Lipinski definition) is 1. The SMILES string of the molecule is CCC(=O)C(N)c1nc2n(n1)Cc1c(C)ncn1-c1ccc(Br)cc1-2. The molecule has 0 saturated carbocycles. The molecule has 7 nitrogen and oxygen atoms in total. The van der Waals surface area contributed by atoms with Gasteiger partial charge in [0.1, 0.15) is 6.04 Å². The number of benzene rings is 1. The number of nitrogens with zero attached hydrogens (tertiary/aromatic N) is 5. The van der Waals surface area contributed by atoms with Crippen molar-refractivity contribution in [1.29, 1.82) is 0 Å². The number of hydrogen-bond acceptors (Lipinski definition) is 5. The van der Waals surface area contributed by atoms with E-state index in [0.29, 0.717) is 24.6 Å².